The largest absolute Gasteiger partial charge is 0.396 e. The molecule has 1 saturated heterocycles. The van der Waals surface area contributed by atoms with Gasteiger partial charge in [0, 0.05) is 18.8 Å². The van der Waals surface area contributed by atoms with Crippen molar-refractivity contribution in [2.45, 2.75) is 46.1 Å². The van der Waals surface area contributed by atoms with E-state index >= 15 is 0 Å². The van der Waals surface area contributed by atoms with E-state index in [0.717, 1.165) is 49.2 Å². The summed E-state index contributed by atoms with van der Waals surface area (Å²) in [7, 11) is 0. The van der Waals surface area contributed by atoms with Gasteiger partial charge in [0.2, 0.25) is 5.91 Å². The van der Waals surface area contributed by atoms with Crippen LogP contribution < -0.4 is 5.32 Å². The molecule has 1 atom stereocenters. The third-order valence-electron chi connectivity index (χ3n) is 4.19. The lowest BCUT2D eigenvalue weighted by atomic mass is 10.0. The molecule has 0 saturated carbocycles. The molecule has 1 aliphatic heterocycles. The van der Waals surface area contributed by atoms with Crippen molar-refractivity contribution in [3.63, 3.8) is 0 Å². The fraction of sp³-hybridized carbons (Fsp3) is 0.588. The first-order valence-corrected chi connectivity index (χ1v) is 7.76. The van der Waals surface area contributed by atoms with Crippen LogP contribution in [0.25, 0.3) is 0 Å². The molecule has 2 rings (SSSR count). The number of carbonyl (C=O) groups excluding carboxylic acids is 1. The minimum Gasteiger partial charge on any atom is -0.396 e. The molecule has 1 aromatic rings. The van der Waals surface area contributed by atoms with Crippen LogP contribution in [0.1, 0.15) is 36.0 Å². The normalized spacial score (nSPS) is 19.0. The van der Waals surface area contributed by atoms with Crippen LogP contribution in [0.2, 0.25) is 0 Å². The van der Waals surface area contributed by atoms with E-state index in [9.17, 15) is 4.79 Å². The molecule has 0 bridgehead atoms. The number of nitrogens with one attached hydrogen (secondary N) is 1. The molecule has 1 aromatic carbocycles. The quantitative estimate of drug-likeness (QED) is 0.875. The standard InChI is InChI=1S/C17H26N2O2/c1-12-10-13(2)16(14(3)11-12)18-17(21)15-6-4-7-19(15)8-5-9-20/h10-11,15,20H,4-9H2,1-3H3,(H,18,21)/t15-/m0/s1. The van der Waals surface area contributed by atoms with Crippen molar-refractivity contribution in [3.05, 3.63) is 28.8 Å². The first kappa shape index (κ1) is 16.0. The lowest BCUT2D eigenvalue weighted by Crippen LogP contribution is -2.40. The maximum Gasteiger partial charge on any atom is 0.241 e. The van der Waals surface area contributed by atoms with E-state index in [2.05, 4.69) is 29.3 Å². The number of rotatable bonds is 5. The molecule has 2 N–H and O–H groups in total. The van der Waals surface area contributed by atoms with Crippen LogP contribution in [0.15, 0.2) is 12.1 Å². The van der Waals surface area contributed by atoms with Gasteiger partial charge in [-0.25, -0.2) is 0 Å². The van der Waals surface area contributed by atoms with E-state index in [0.29, 0.717) is 0 Å². The predicted octanol–water partition coefficient (Wildman–Crippen LogP) is 2.40. The molecule has 0 spiro atoms. The van der Waals surface area contributed by atoms with Gasteiger partial charge >= 0.3 is 0 Å². The van der Waals surface area contributed by atoms with Gasteiger partial charge in [-0.2, -0.15) is 0 Å². The summed E-state index contributed by atoms with van der Waals surface area (Å²) in [6.45, 7) is 8.06. The van der Waals surface area contributed by atoms with Crippen molar-refractivity contribution >= 4 is 11.6 Å². The Bertz CT molecular complexity index is 491. The van der Waals surface area contributed by atoms with Gasteiger partial charge < -0.3 is 10.4 Å². The van der Waals surface area contributed by atoms with Crippen molar-refractivity contribution in [2.24, 2.45) is 0 Å². The van der Waals surface area contributed by atoms with Gasteiger partial charge in [-0.05, 0) is 57.7 Å². The Morgan fingerprint density at radius 2 is 2.00 bits per heavy atom. The average Bonchev–Trinajstić information content (AvgIpc) is 2.88. The van der Waals surface area contributed by atoms with E-state index in [1.165, 1.54) is 5.56 Å². The fourth-order valence-electron chi connectivity index (χ4n) is 3.25. The molecule has 21 heavy (non-hydrogen) atoms. The van der Waals surface area contributed by atoms with Crippen molar-refractivity contribution in [2.75, 3.05) is 25.0 Å². The Kier molecular flexibility index (Phi) is 5.37. The van der Waals surface area contributed by atoms with Crippen LogP contribution in [-0.4, -0.2) is 41.7 Å². The number of hydrogen-bond donors (Lipinski definition) is 2. The molecule has 1 aliphatic rings. The Morgan fingerprint density at radius 3 is 2.62 bits per heavy atom. The zero-order valence-electron chi connectivity index (χ0n) is 13.3. The summed E-state index contributed by atoms with van der Waals surface area (Å²) in [6, 6.07) is 4.14. The Labute approximate surface area is 127 Å². The number of carbonyl (C=O) groups is 1. The highest BCUT2D eigenvalue weighted by Gasteiger charge is 2.30. The van der Waals surface area contributed by atoms with Crippen LogP contribution in [0.5, 0.6) is 0 Å². The minimum absolute atomic E-state index is 0.0587. The number of nitrogens with zero attached hydrogens (tertiary/aromatic N) is 1. The van der Waals surface area contributed by atoms with Gasteiger partial charge in [-0.1, -0.05) is 17.7 Å². The van der Waals surface area contributed by atoms with Crippen LogP contribution in [-0.2, 0) is 4.79 Å². The van der Waals surface area contributed by atoms with E-state index in [4.69, 9.17) is 5.11 Å². The lowest BCUT2D eigenvalue weighted by molar-refractivity contribution is -0.120. The predicted molar refractivity (Wildman–Crippen MR) is 85.6 cm³/mol. The molecule has 0 aromatic heterocycles. The first-order valence-electron chi connectivity index (χ1n) is 7.76. The maximum absolute atomic E-state index is 12.6. The number of anilines is 1. The van der Waals surface area contributed by atoms with E-state index < -0.39 is 0 Å². The zero-order valence-corrected chi connectivity index (χ0v) is 13.3. The maximum atomic E-state index is 12.6. The number of hydrogen-bond acceptors (Lipinski definition) is 3. The second-order valence-corrected chi connectivity index (χ2v) is 6.03. The Morgan fingerprint density at radius 1 is 1.33 bits per heavy atom. The number of benzene rings is 1. The van der Waals surface area contributed by atoms with Gasteiger partial charge in [0.1, 0.15) is 0 Å². The molecule has 1 heterocycles. The Balaban J connectivity index is 2.07. The third-order valence-corrected chi connectivity index (χ3v) is 4.19. The van der Waals surface area contributed by atoms with Crippen molar-refractivity contribution < 1.29 is 9.90 Å². The lowest BCUT2D eigenvalue weighted by Gasteiger charge is -2.24. The summed E-state index contributed by atoms with van der Waals surface area (Å²) in [5, 5.41) is 12.1. The van der Waals surface area contributed by atoms with Gasteiger partial charge in [-0.15, -0.1) is 0 Å². The molecule has 0 unspecified atom stereocenters. The average molecular weight is 290 g/mol. The monoisotopic (exact) mass is 290 g/mol. The number of aliphatic hydroxyl groups excluding tert-OH is 1. The second kappa shape index (κ2) is 7.05. The molecular formula is C17H26N2O2. The molecule has 1 fully saturated rings. The Hall–Kier alpha value is -1.39. The molecule has 116 valence electrons. The second-order valence-electron chi connectivity index (χ2n) is 6.03. The topological polar surface area (TPSA) is 52.6 Å². The smallest absolute Gasteiger partial charge is 0.241 e. The van der Waals surface area contributed by atoms with Crippen molar-refractivity contribution in [1.82, 2.24) is 4.90 Å². The van der Waals surface area contributed by atoms with E-state index in [1.807, 2.05) is 13.8 Å². The van der Waals surface area contributed by atoms with Crippen LogP contribution in [0.3, 0.4) is 0 Å². The van der Waals surface area contributed by atoms with Gasteiger partial charge in [0.15, 0.2) is 0 Å². The zero-order chi connectivity index (χ0) is 15.4. The van der Waals surface area contributed by atoms with Crippen LogP contribution in [0, 0.1) is 20.8 Å². The summed E-state index contributed by atoms with van der Waals surface area (Å²) in [6.07, 6.45) is 2.68. The van der Waals surface area contributed by atoms with Crippen molar-refractivity contribution in [1.29, 1.82) is 0 Å². The fourth-order valence-corrected chi connectivity index (χ4v) is 3.25. The summed E-state index contributed by atoms with van der Waals surface area (Å²) in [5.74, 6) is 0.0838. The van der Waals surface area contributed by atoms with Crippen LogP contribution >= 0.6 is 0 Å². The molecular weight excluding hydrogens is 264 g/mol. The molecule has 4 heteroatoms. The van der Waals surface area contributed by atoms with Crippen LogP contribution in [0.4, 0.5) is 5.69 Å². The number of likely N-dealkylation sites (tertiary alicyclic amines) is 1. The third kappa shape index (κ3) is 3.83. The minimum atomic E-state index is -0.0587. The van der Waals surface area contributed by atoms with Crippen molar-refractivity contribution in [3.8, 4) is 0 Å². The first-order chi connectivity index (χ1) is 10.0. The molecule has 1 amide bonds. The molecule has 0 aliphatic carbocycles. The van der Waals surface area contributed by atoms with Gasteiger partial charge in [-0.3, -0.25) is 9.69 Å². The van der Waals surface area contributed by atoms with E-state index in [-0.39, 0.29) is 18.6 Å². The number of amides is 1. The number of aryl methyl sites for hydroxylation is 3. The highest BCUT2D eigenvalue weighted by atomic mass is 16.3. The van der Waals surface area contributed by atoms with Gasteiger partial charge in [0.05, 0.1) is 6.04 Å². The highest BCUT2D eigenvalue weighted by molar-refractivity contribution is 5.96. The summed E-state index contributed by atoms with van der Waals surface area (Å²) < 4.78 is 0. The van der Waals surface area contributed by atoms with E-state index in [1.54, 1.807) is 0 Å². The molecule has 4 nitrogen and oxygen atoms in total. The number of aliphatic hydroxyl groups is 1. The summed E-state index contributed by atoms with van der Waals surface area (Å²) >= 11 is 0. The highest BCUT2D eigenvalue weighted by Crippen LogP contribution is 2.24. The molecule has 0 radical (unpaired) electrons. The summed E-state index contributed by atoms with van der Waals surface area (Å²) in [4.78, 5) is 14.7. The van der Waals surface area contributed by atoms with Gasteiger partial charge in [0.25, 0.3) is 0 Å². The summed E-state index contributed by atoms with van der Waals surface area (Å²) in [5.41, 5.74) is 4.38. The SMILES string of the molecule is Cc1cc(C)c(NC(=O)[C@@H]2CCCN2CCCO)c(C)c1.